The molecule has 0 saturated heterocycles. The molecule has 1 aromatic heterocycles. The van der Waals surface area contributed by atoms with E-state index in [4.69, 9.17) is 4.74 Å². The molecule has 0 bridgehead atoms. The van der Waals surface area contributed by atoms with E-state index < -0.39 is 0 Å². The Balaban J connectivity index is 2.58. The minimum Gasteiger partial charge on any atom is -0.468 e. The lowest BCUT2D eigenvalue weighted by Crippen LogP contribution is -2.38. The van der Waals surface area contributed by atoms with E-state index in [0.29, 0.717) is 18.5 Å². The molecule has 2 atom stereocenters. The average molecular weight is 281 g/mol. The van der Waals surface area contributed by atoms with Gasteiger partial charge in [-0.2, -0.15) is 5.10 Å². The van der Waals surface area contributed by atoms with E-state index in [1.165, 1.54) is 7.11 Å². The zero-order valence-corrected chi connectivity index (χ0v) is 13.2. The number of aromatic nitrogens is 2. The number of esters is 1. The van der Waals surface area contributed by atoms with Gasteiger partial charge in [-0.15, -0.1) is 0 Å². The van der Waals surface area contributed by atoms with Gasteiger partial charge < -0.3 is 4.74 Å². The molecule has 2 unspecified atom stereocenters. The van der Waals surface area contributed by atoms with Gasteiger partial charge in [0.05, 0.1) is 12.8 Å². The van der Waals surface area contributed by atoms with Crippen LogP contribution in [-0.4, -0.2) is 28.9 Å². The SMILES string of the molecule is CCC(C)n1ccc(CNC(CC(C)C)C(=O)OC)n1. The summed E-state index contributed by atoms with van der Waals surface area (Å²) in [5.41, 5.74) is 0.947. The number of hydrogen-bond acceptors (Lipinski definition) is 4. The maximum absolute atomic E-state index is 11.7. The molecule has 114 valence electrons. The van der Waals surface area contributed by atoms with Crippen LogP contribution in [0.15, 0.2) is 12.3 Å². The molecule has 0 aliphatic carbocycles. The molecule has 1 N–H and O–H groups in total. The fraction of sp³-hybridized carbons (Fsp3) is 0.733. The summed E-state index contributed by atoms with van der Waals surface area (Å²) in [6.07, 6.45) is 3.80. The first-order valence-electron chi connectivity index (χ1n) is 7.33. The largest absolute Gasteiger partial charge is 0.468 e. The van der Waals surface area contributed by atoms with Crippen molar-refractivity contribution >= 4 is 5.97 Å². The highest BCUT2D eigenvalue weighted by atomic mass is 16.5. The molecule has 1 rings (SSSR count). The third-order valence-electron chi connectivity index (χ3n) is 3.43. The van der Waals surface area contributed by atoms with Crippen molar-refractivity contribution in [2.45, 2.75) is 59.2 Å². The second kappa shape index (κ2) is 8.04. The summed E-state index contributed by atoms with van der Waals surface area (Å²) in [7, 11) is 1.43. The number of carbonyl (C=O) groups is 1. The third-order valence-corrected chi connectivity index (χ3v) is 3.43. The van der Waals surface area contributed by atoms with Gasteiger partial charge in [-0.3, -0.25) is 14.8 Å². The lowest BCUT2D eigenvalue weighted by Gasteiger charge is -2.17. The van der Waals surface area contributed by atoms with Crippen LogP contribution >= 0.6 is 0 Å². The van der Waals surface area contributed by atoms with Crippen LogP contribution in [0, 0.1) is 5.92 Å². The van der Waals surface area contributed by atoms with E-state index in [-0.39, 0.29) is 12.0 Å². The first kappa shape index (κ1) is 16.7. The Morgan fingerprint density at radius 2 is 2.15 bits per heavy atom. The molecule has 0 saturated carbocycles. The van der Waals surface area contributed by atoms with Crippen LogP contribution in [-0.2, 0) is 16.1 Å². The molecule has 0 spiro atoms. The molecule has 20 heavy (non-hydrogen) atoms. The number of hydrogen-bond donors (Lipinski definition) is 1. The highest BCUT2D eigenvalue weighted by Gasteiger charge is 2.20. The van der Waals surface area contributed by atoms with Crippen molar-refractivity contribution in [1.82, 2.24) is 15.1 Å². The minimum absolute atomic E-state index is 0.208. The molecule has 0 fully saturated rings. The number of methoxy groups -OCH3 is 1. The van der Waals surface area contributed by atoms with E-state index in [1.807, 2.05) is 16.9 Å². The highest BCUT2D eigenvalue weighted by molar-refractivity contribution is 5.75. The molecule has 0 aliphatic rings. The Kier molecular flexibility index (Phi) is 6.71. The first-order valence-corrected chi connectivity index (χ1v) is 7.33. The lowest BCUT2D eigenvalue weighted by molar-refractivity contribution is -0.143. The molecule has 0 amide bonds. The van der Waals surface area contributed by atoms with Gasteiger partial charge in [0, 0.05) is 18.8 Å². The van der Waals surface area contributed by atoms with Gasteiger partial charge >= 0.3 is 5.97 Å². The summed E-state index contributed by atoms with van der Waals surface area (Å²) in [6, 6.07) is 2.12. The number of nitrogens with zero attached hydrogens (tertiary/aromatic N) is 2. The Morgan fingerprint density at radius 3 is 2.70 bits per heavy atom. The molecular formula is C15H27N3O2. The fourth-order valence-electron chi connectivity index (χ4n) is 2.01. The highest BCUT2D eigenvalue weighted by Crippen LogP contribution is 2.10. The third kappa shape index (κ3) is 4.96. The van der Waals surface area contributed by atoms with E-state index in [1.54, 1.807) is 0 Å². The Labute approximate surface area is 121 Å². The number of rotatable bonds is 8. The number of ether oxygens (including phenoxy) is 1. The van der Waals surface area contributed by atoms with Crippen LogP contribution in [0.2, 0.25) is 0 Å². The van der Waals surface area contributed by atoms with Crippen LogP contribution in [0.3, 0.4) is 0 Å². The smallest absolute Gasteiger partial charge is 0.322 e. The van der Waals surface area contributed by atoms with Gasteiger partial charge in [-0.05, 0) is 31.7 Å². The van der Waals surface area contributed by atoms with Gasteiger partial charge in [0.25, 0.3) is 0 Å². The summed E-state index contributed by atoms with van der Waals surface area (Å²) in [6.45, 7) is 9.04. The van der Waals surface area contributed by atoms with Crippen LogP contribution in [0.1, 0.15) is 52.3 Å². The summed E-state index contributed by atoms with van der Waals surface area (Å²) >= 11 is 0. The maximum Gasteiger partial charge on any atom is 0.322 e. The van der Waals surface area contributed by atoms with Crippen molar-refractivity contribution in [3.8, 4) is 0 Å². The maximum atomic E-state index is 11.7. The van der Waals surface area contributed by atoms with Gasteiger partial charge in [-0.25, -0.2) is 0 Å². The monoisotopic (exact) mass is 281 g/mol. The van der Waals surface area contributed by atoms with Crippen molar-refractivity contribution in [2.75, 3.05) is 7.11 Å². The zero-order valence-electron chi connectivity index (χ0n) is 13.2. The molecule has 5 heteroatoms. The van der Waals surface area contributed by atoms with Gasteiger partial charge in [-0.1, -0.05) is 20.8 Å². The van der Waals surface area contributed by atoms with E-state index >= 15 is 0 Å². The topological polar surface area (TPSA) is 56.2 Å². The average Bonchev–Trinajstić information content (AvgIpc) is 2.90. The van der Waals surface area contributed by atoms with Crippen molar-refractivity contribution in [1.29, 1.82) is 0 Å². The van der Waals surface area contributed by atoms with Crippen molar-refractivity contribution < 1.29 is 9.53 Å². The summed E-state index contributed by atoms with van der Waals surface area (Å²) < 4.78 is 6.80. The van der Waals surface area contributed by atoms with Crippen LogP contribution < -0.4 is 5.32 Å². The van der Waals surface area contributed by atoms with Gasteiger partial charge in [0.2, 0.25) is 0 Å². The summed E-state index contributed by atoms with van der Waals surface area (Å²) in [4.78, 5) is 11.7. The molecule has 1 heterocycles. The molecule has 0 aromatic carbocycles. The molecule has 0 aliphatic heterocycles. The van der Waals surface area contributed by atoms with Crippen molar-refractivity contribution in [2.24, 2.45) is 5.92 Å². The second-order valence-corrected chi connectivity index (χ2v) is 5.63. The van der Waals surface area contributed by atoms with Crippen molar-refractivity contribution in [3.05, 3.63) is 18.0 Å². The van der Waals surface area contributed by atoms with E-state index in [0.717, 1.165) is 18.5 Å². The second-order valence-electron chi connectivity index (χ2n) is 5.63. The zero-order chi connectivity index (χ0) is 15.1. The molecular weight excluding hydrogens is 254 g/mol. The summed E-state index contributed by atoms with van der Waals surface area (Å²) in [5, 5.41) is 7.76. The Morgan fingerprint density at radius 1 is 1.45 bits per heavy atom. The fourth-order valence-corrected chi connectivity index (χ4v) is 2.01. The Hall–Kier alpha value is -1.36. The predicted molar refractivity (Wildman–Crippen MR) is 79.3 cm³/mol. The standard InChI is InChI=1S/C15H27N3O2/c1-6-12(4)18-8-7-13(17-18)10-16-14(9-11(2)3)15(19)20-5/h7-8,11-12,14,16H,6,9-10H2,1-5H3. The molecule has 1 aromatic rings. The molecule has 0 radical (unpaired) electrons. The van der Waals surface area contributed by atoms with Crippen LogP contribution in [0.25, 0.3) is 0 Å². The van der Waals surface area contributed by atoms with Gasteiger partial charge in [0.15, 0.2) is 0 Å². The summed E-state index contributed by atoms with van der Waals surface area (Å²) in [5.74, 6) is 0.226. The van der Waals surface area contributed by atoms with Crippen molar-refractivity contribution in [3.63, 3.8) is 0 Å². The minimum atomic E-state index is -0.270. The number of carbonyl (C=O) groups excluding carboxylic acids is 1. The van der Waals surface area contributed by atoms with E-state index in [9.17, 15) is 4.79 Å². The Bertz CT molecular complexity index is 415. The predicted octanol–water partition coefficient (Wildman–Crippen LogP) is 2.53. The molecule has 5 nitrogen and oxygen atoms in total. The number of nitrogens with one attached hydrogen (secondary N) is 1. The van der Waals surface area contributed by atoms with Crippen LogP contribution in [0.5, 0.6) is 0 Å². The first-order chi connectivity index (χ1) is 9.47. The normalized spacial score (nSPS) is 14.3. The van der Waals surface area contributed by atoms with Gasteiger partial charge in [0.1, 0.15) is 6.04 Å². The van der Waals surface area contributed by atoms with Crippen LogP contribution in [0.4, 0.5) is 0 Å². The quantitative estimate of drug-likeness (QED) is 0.744. The van der Waals surface area contributed by atoms with E-state index in [2.05, 4.69) is 38.1 Å². The lowest BCUT2D eigenvalue weighted by atomic mass is 10.0.